The van der Waals surface area contributed by atoms with Crippen LogP contribution in [0.3, 0.4) is 0 Å². The van der Waals surface area contributed by atoms with E-state index in [9.17, 15) is 9.90 Å². The standard InChI is InChI=1S/C14H16N2O2/c1-4-8-16(5-2)10-6-7-11-12(9-10)15(3)14(18)13(11)17/h1,6-7,9,13,17H,5,8H2,2-3H3. The maximum Gasteiger partial charge on any atom is 0.260 e. The highest BCUT2D eigenvalue weighted by Gasteiger charge is 2.33. The molecule has 0 radical (unpaired) electrons. The second-order valence-corrected chi connectivity index (χ2v) is 4.26. The van der Waals surface area contributed by atoms with Crippen LogP contribution in [0.5, 0.6) is 0 Å². The summed E-state index contributed by atoms with van der Waals surface area (Å²) in [6.07, 6.45) is 4.29. The summed E-state index contributed by atoms with van der Waals surface area (Å²) in [7, 11) is 1.67. The average Bonchev–Trinajstić information content (AvgIpc) is 2.61. The first-order chi connectivity index (χ1) is 8.60. The van der Waals surface area contributed by atoms with E-state index in [0.29, 0.717) is 12.1 Å². The zero-order valence-corrected chi connectivity index (χ0v) is 10.6. The lowest BCUT2D eigenvalue weighted by molar-refractivity contribution is -0.125. The molecule has 18 heavy (non-hydrogen) atoms. The molecule has 0 bridgehead atoms. The highest BCUT2D eigenvalue weighted by atomic mass is 16.3. The number of carbonyl (C=O) groups is 1. The Morgan fingerprint density at radius 2 is 2.28 bits per heavy atom. The Morgan fingerprint density at radius 1 is 1.56 bits per heavy atom. The van der Waals surface area contributed by atoms with Gasteiger partial charge in [-0.3, -0.25) is 4.79 Å². The van der Waals surface area contributed by atoms with E-state index in [4.69, 9.17) is 6.42 Å². The third-order valence-corrected chi connectivity index (χ3v) is 3.26. The Kier molecular flexibility index (Phi) is 3.26. The van der Waals surface area contributed by atoms with Crippen molar-refractivity contribution >= 4 is 17.3 Å². The minimum atomic E-state index is -1.04. The minimum absolute atomic E-state index is 0.290. The molecule has 0 aromatic heterocycles. The lowest BCUT2D eigenvalue weighted by Crippen LogP contribution is -2.24. The Labute approximate surface area is 107 Å². The van der Waals surface area contributed by atoms with E-state index < -0.39 is 6.10 Å². The number of anilines is 2. The minimum Gasteiger partial charge on any atom is -0.378 e. The van der Waals surface area contributed by atoms with Crippen LogP contribution in [0, 0.1) is 12.3 Å². The molecule has 0 fully saturated rings. The first-order valence-corrected chi connectivity index (χ1v) is 5.88. The number of terminal acetylenes is 1. The van der Waals surface area contributed by atoms with Gasteiger partial charge in [0.25, 0.3) is 5.91 Å². The number of hydrogen-bond acceptors (Lipinski definition) is 3. The molecule has 2 rings (SSSR count). The van der Waals surface area contributed by atoms with E-state index >= 15 is 0 Å². The van der Waals surface area contributed by atoms with Gasteiger partial charge >= 0.3 is 0 Å². The predicted molar refractivity (Wildman–Crippen MR) is 71.5 cm³/mol. The lowest BCUT2D eigenvalue weighted by Gasteiger charge is -2.21. The molecular weight excluding hydrogens is 228 g/mol. The molecule has 4 heteroatoms. The Balaban J connectivity index is 2.40. The second kappa shape index (κ2) is 4.71. The summed E-state index contributed by atoms with van der Waals surface area (Å²) in [5, 5.41) is 9.77. The Morgan fingerprint density at radius 3 is 2.89 bits per heavy atom. The van der Waals surface area contributed by atoms with E-state index in [-0.39, 0.29) is 5.91 Å². The summed E-state index contributed by atoms with van der Waals surface area (Å²) in [6, 6.07) is 5.57. The molecule has 1 unspecified atom stereocenters. The van der Waals surface area contributed by atoms with Gasteiger partial charge in [-0.1, -0.05) is 12.0 Å². The van der Waals surface area contributed by atoms with Crippen molar-refractivity contribution in [2.24, 2.45) is 0 Å². The van der Waals surface area contributed by atoms with E-state index in [1.807, 2.05) is 24.0 Å². The normalized spacial score (nSPS) is 17.6. The van der Waals surface area contributed by atoms with Crippen molar-refractivity contribution in [1.82, 2.24) is 0 Å². The van der Waals surface area contributed by atoms with Gasteiger partial charge in [0.05, 0.1) is 12.2 Å². The van der Waals surface area contributed by atoms with Crippen LogP contribution in [0.2, 0.25) is 0 Å². The first-order valence-electron chi connectivity index (χ1n) is 5.88. The molecule has 0 saturated carbocycles. The van der Waals surface area contributed by atoms with Crippen LogP contribution in [-0.2, 0) is 4.79 Å². The number of nitrogens with zero attached hydrogens (tertiary/aromatic N) is 2. The number of benzene rings is 1. The van der Waals surface area contributed by atoms with E-state index in [1.54, 1.807) is 13.1 Å². The van der Waals surface area contributed by atoms with Gasteiger partial charge < -0.3 is 14.9 Å². The smallest absolute Gasteiger partial charge is 0.260 e. The molecule has 0 spiro atoms. The lowest BCUT2D eigenvalue weighted by atomic mass is 10.1. The van der Waals surface area contributed by atoms with Gasteiger partial charge in [-0.25, -0.2) is 0 Å². The fourth-order valence-electron chi connectivity index (χ4n) is 2.18. The van der Waals surface area contributed by atoms with Crippen molar-refractivity contribution in [3.63, 3.8) is 0 Å². The summed E-state index contributed by atoms with van der Waals surface area (Å²) in [5.74, 6) is 2.32. The largest absolute Gasteiger partial charge is 0.378 e. The summed E-state index contributed by atoms with van der Waals surface area (Å²) in [6.45, 7) is 3.34. The molecule has 94 valence electrons. The zero-order valence-electron chi connectivity index (χ0n) is 10.6. The van der Waals surface area contributed by atoms with Crippen LogP contribution in [0.1, 0.15) is 18.6 Å². The van der Waals surface area contributed by atoms with Crippen LogP contribution in [0.15, 0.2) is 18.2 Å². The maximum atomic E-state index is 11.7. The Bertz CT molecular complexity index is 519. The molecule has 1 N–H and O–H groups in total. The maximum absolute atomic E-state index is 11.7. The highest BCUT2D eigenvalue weighted by Crippen LogP contribution is 2.37. The molecule has 1 amide bonds. The number of carbonyl (C=O) groups excluding carboxylic acids is 1. The quantitative estimate of drug-likeness (QED) is 0.811. The molecular formula is C14H16N2O2. The van der Waals surface area contributed by atoms with Crippen molar-refractivity contribution in [3.8, 4) is 12.3 Å². The van der Waals surface area contributed by atoms with Crippen LogP contribution >= 0.6 is 0 Å². The number of fused-ring (bicyclic) bond motifs is 1. The number of rotatable bonds is 3. The molecule has 1 aliphatic heterocycles. The van der Waals surface area contributed by atoms with E-state index in [1.165, 1.54) is 4.90 Å². The van der Waals surface area contributed by atoms with Crippen LogP contribution in [0.4, 0.5) is 11.4 Å². The number of amides is 1. The highest BCUT2D eigenvalue weighted by molar-refractivity contribution is 6.03. The van der Waals surface area contributed by atoms with Crippen molar-refractivity contribution in [3.05, 3.63) is 23.8 Å². The van der Waals surface area contributed by atoms with Crippen molar-refractivity contribution in [1.29, 1.82) is 0 Å². The van der Waals surface area contributed by atoms with Crippen molar-refractivity contribution < 1.29 is 9.90 Å². The molecule has 1 heterocycles. The molecule has 4 nitrogen and oxygen atoms in total. The SMILES string of the molecule is C#CCN(CC)c1ccc2c(c1)N(C)C(=O)C2O. The summed E-state index contributed by atoms with van der Waals surface area (Å²) in [5.41, 5.74) is 2.37. The molecule has 0 aliphatic carbocycles. The van der Waals surface area contributed by atoms with Gasteiger partial charge in [-0.2, -0.15) is 0 Å². The molecule has 1 aliphatic rings. The van der Waals surface area contributed by atoms with E-state index in [0.717, 1.165) is 17.9 Å². The molecule has 1 aromatic carbocycles. The van der Waals surface area contributed by atoms with E-state index in [2.05, 4.69) is 5.92 Å². The zero-order chi connectivity index (χ0) is 13.3. The summed E-state index contributed by atoms with van der Waals surface area (Å²) >= 11 is 0. The number of likely N-dealkylation sites (N-methyl/N-ethyl adjacent to an activating group) is 1. The van der Waals surface area contributed by atoms with Gasteiger partial charge in [0.2, 0.25) is 0 Å². The first kappa shape index (κ1) is 12.5. The topological polar surface area (TPSA) is 43.8 Å². The van der Waals surface area contributed by atoms with Crippen molar-refractivity contribution in [2.75, 3.05) is 29.9 Å². The second-order valence-electron chi connectivity index (χ2n) is 4.26. The van der Waals surface area contributed by atoms with Crippen LogP contribution < -0.4 is 9.80 Å². The fourth-order valence-corrected chi connectivity index (χ4v) is 2.18. The monoisotopic (exact) mass is 244 g/mol. The van der Waals surface area contributed by atoms with Crippen LogP contribution in [-0.4, -0.2) is 31.2 Å². The Hall–Kier alpha value is -1.99. The summed E-state index contributed by atoms with van der Waals surface area (Å²) < 4.78 is 0. The fraction of sp³-hybridized carbons (Fsp3) is 0.357. The average molecular weight is 244 g/mol. The van der Waals surface area contributed by atoms with Gasteiger partial charge in [-0.05, 0) is 19.1 Å². The third kappa shape index (κ3) is 1.83. The van der Waals surface area contributed by atoms with Crippen LogP contribution in [0.25, 0.3) is 0 Å². The predicted octanol–water partition coefficient (Wildman–Crippen LogP) is 1.16. The van der Waals surface area contributed by atoms with Gasteiger partial charge in [-0.15, -0.1) is 6.42 Å². The molecule has 0 saturated heterocycles. The van der Waals surface area contributed by atoms with Gasteiger partial charge in [0, 0.05) is 24.8 Å². The molecule has 1 atom stereocenters. The van der Waals surface area contributed by atoms with Gasteiger partial charge in [0.15, 0.2) is 6.10 Å². The number of hydrogen-bond donors (Lipinski definition) is 1. The molecule has 1 aromatic rings. The number of aliphatic hydroxyl groups is 1. The van der Waals surface area contributed by atoms with Gasteiger partial charge in [0.1, 0.15) is 0 Å². The summed E-state index contributed by atoms with van der Waals surface area (Å²) in [4.78, 5) is 15.2. The third-order valence-electron chi connectivity index (χ3n) is 3.26. The van der Waals surface area contributed by atoms with Crippen molar-refractivity contribution in [2.45, 2.75) is 13.0 Å². The number of aliphatic hydroxyl groups excluding tert-OH is 1.